The first-order valence-electron chi connectivity index (χ1n) is 6.77. The molecule has 2 aliphatic rings. The van der Waals surface area contributed by atoms with Crippen molar-refractivity contribution < 1.29 is 14.7 Å². The predicted molar refractivity (Wildman–Crippen MR) is 74.0 cm³/mol. The van der Waals surface area contributed by atoms with Gasteiger partial charge in [0.05, 0.1) is 5.56 Å². The van der Waals surface area contributed by atoms with E-state index in [2.05, 4.69) is 12.2 Å². The quantitative estimate of drug-likeness (QED) is 0.892. The van der Waals surface area contributed by atoms with E-state index in [4.69, 9.17) is 0 Å². The molecular formula is C14H17NO3S. The molecule has 102 valence electrons. The molecule has 0 radical (unpaired) electrons. The van der Waals surface area contributed by atoms with Gasteiger partial charge in [-0.15, -0.1) is 11.3 Å². The van der Waals surface area contributed by atoms with E-state index in [1.54, 1.807) is 0 Å². The van der Waals surface area contributed by atoms with Crippen LogP contribution in [0.3, 0.4) is 0 Å². The van der Waals surface area contributed by atoms with Crippen molar-refractivity contribution in [3.05, 3.63) is 16.0 Å². The van der Waals surface area contributed by atoms with E-state index in [9.17, 15) is 14.7 Å². The molecule has 2 N–H and O–H groups in total. The lowest BCUT2D eigenvalue weighted by Gasteiger charge is -2.18. The van der Waals surface area contributed by atoms with Crippen LogP contribution in [0.5, 0.6) is 0 Å². The summed E-state index contributed by atoms with van der Waals surface area (Å²) in [6, 6.07) is 0. The van der Waals surface area contributed by atoms with Crippen LogP contribution in [0.15, 0.2) is 0 Å². The summed E-state index contributed by atoms with van der Waals surface area (Å²) < 4.78 is 0. The number of carbonyl (C=O) groups is 2. The number of aromatic carboxylic acids is 1. The van der Waals surface area contributed by atoms with Crippen molar-refractivity contribution in [2.45, 2.75) is 44.9 Å². The van der Waals surface area contributed by atoms with E-state index in [1.165, 1.54) is 11.3 Å². The van der Waals surface area contributed by atoms with Crippen molar-refractivity contribution in [2.24, 2.45) is 5.92 Å². The molecule has 1 heterocycles. The highest BCUT2D eigenvalue weighted by Gasteiger charge is 2.33. The molecule has 1 aromatic heterocycles. The van der Waals surface area contributed by atoms with Gasteiger partial charge in [0.15, 0.2) is 0 Å². The average molecular weight is 279 g/mol. The Balaban J connectivity index is 1.97. The molecule has 2 aliphatic carbocycles. The highest BCUT2D eigenvalue weighted by molar-refractivity contribution is 7.17. The zero-order valence-corrected chi connectivity index (χ0v) is 11.7. The van der Waals surface area contributed by atoms with Gasteiger partial charge in [-0.1, -0.05) is 6.92 Å². The molecule has 0 bridgehead atoms. The molecule has 1 atom stereocenters. The van der Waals surface area contributed by atoms with E-state index in [0.29, 0.717) is 16.5 Å². The Morgan fingerprint density at radius 3 is 2.68 bits per heavy atom. The second kappa shape index (κ2) is 4.63. The average Bonchev–Trinajstić information content (AvgIpc) is 3.12. The van der Waals surface area contributed by atoms with Crippen LogP contribution >= 0.6 is 11.3 Å². The first-order valence-corrected chi connectivity index (χ1v) is 7.59. The summed E-state index contributed by atoms with van der Waals surface area (Å²) in [5.41, 5.74) is 1.28. The second-order valence-corrected chi connectivity index (χ2v) is 6.56. The van der Waals surface area contributed by atoms with Crippen molar-refractivity contribution >= 4 is 28.2 Å². The third-order valence-electron chi connectivity index (χ3n) is 3.95. The van der Waals surface area contributed by atoms with Crippen molar-refractivity contribution in [1.29, 1.82) is 0 Å². The highest BCUT2D eigenvalue weighted by Crippen LogP contribution is 2.44. The van der Waals surface area contributed by atoms with E-state index < -0.39 is 5.97 Å². The van der Waals surface area contributed by atoms with E-state index in [0.717, 1.165) is 42.5 Å². The molecule has 1 fully saturated rings. The molecule has 1 unspecified atom stereocenters. The molecule has 1 saturated carbocycles. The Morgan fingerprint density at radius 2 is 2.05 bits per heavy atom. The van der Waals surface area contributed by atoms with E-state index in [-0.39, 0.29) is 11.8 Å². The van der Waals surface area contributed by atoms with Gasteiger partial charge in [-0.25, -0.2) is 4.79 Å². The third-order valence-corrected chi connectivity index (χ3v) is 5.33. The summed E-state index contributed by atoms with van der Waals surface area (Å²) in [5.74, 6) is -0.442. The van der Waals surface area contributed by atoms with Crippen molar-refractivity contribution in [3.8, 4) is 0 Å². The summed E-state index contributed by atoms with van der Waals surface area (Å²) >= 11 is 1.46. The van der Waals surface area contributed by atoms with Crippen molar-refractivity contribution in [2.75, 3.05) is 5.32 Å². The minimum absolute atomic E-state index is 0.0197. The number of thiophene rings is 1. The lowest BCUT2D eigenvalue weighted by Crippen LogP contribution is -2.15. The van der Waals surface area contributed by atoms with Crippen LogP contribution in [0.2, 0.25) is 0 Å². The fourth-order valence-electron chi connectivity index (χ4n) is 2.72. The summed E-state index contributed by atoms with van der Waals surface area (Å²) in [5, 5.41) is 12.8. The van der Waals surface area contributed by atoms with Crippen molar-refractivity contribution in [3.63, 3.8) is 0 Å². The van der Waals surface area contributed by atoms with Crippen molar-refractivity contribution in [1.82, 2.24) is 0 Å². The molecule has 5 heteroatoms. The van der Waals surface area contributed by atoms with Gasteiger partial charge in [-0.3, -0.25) is 4.79 Å². The van der Waals surface area contributed by atoms with Gasteiger partial charge in [0.25, 0.3) is 0 Å². The zero-order valence-electron chi connectivity index (χ0n) is 10.9. The fourth-order valence-corrected chi connectivity index (χ4v) is 4.05. The Bertz CT molecular complexity index is 545. The number of rotatable bonds is 3. The largest absolute Gasteiger partial charge is 0.478 e. The summed E-state index contributed by atoms with van der Waals surface area (Å²) in [6.07, 6.45) is 4.80. The molecule has 0 spiro atoms. The number of anilines is 1. The predicted octanol–water partition coefficient (Wildman–Crippen LogP) is 3.23. The van der Waals surface area contributed by atoms with Gasteiger partial charge in [0, 0.05) is 10.8 Å². The van der Waals surface area contributed by atoms with E-state index >= 15 is 0 Å². The number of nitrogens with one attached hydrogen (secondary N) is 1. The molecule has 0 saturated heterocycles. The van der Waals surface area contributed by atoms with Crippen LogP contribution < -0.4 is 5.32 Å². The smallest absolute Gasteiger partial charge is 0.339 e. The maximum atomic E-state index is 11.8. The monoisotopic (exact) mass is 279 g/mol. The Labute approximate surface area is 115 Å². The number of carbonyl (C=O) groups excluding carboxylic acids is 1. The molecule has 3 rings (SSSR count). The number of amides is 1. The second-order valence-electron chi connectivity index (χ2n) is 5.51. The Morgan fingerprint density at radius 1 is 1.32 bits per heavy atom. The molecule has 1 aromatic rings. The maximum Gasteiger partial charge on any atom is 0.339 e. The number of fused-ring (bicyclic) bond motifs is 1. The van der Waals surface area contributed by atoms with Crippen LogP contribution in [0.25, 0.3) is 0 Å². The molecule has 0 aliphatic heterocycles. The lowest BCUT2D eigenvalue weighted by atomic mass is 9.88. The summed E-state index contributed by atoms with van der Waals surface area (Å²) in [4.78, 5) is 24.5. The molecule has 19 heavy (non-hydrogen) atoms. The molecule has 0 aromatic carbocycles. The zero-order chi connectivity index (χ0) is 13.6. The van der Waals surface area contributed by atoms with Gasteiger partial charge < -0.3 is 10.4 Å². The first-order chi connectivity index (χ1) is 9.08. The minimum atomic E-state index is -0.919. The van der Waals surface area contributed by atoms with Crippen LogP contribution in [0.1, 0.15) is 59.3 Å². The SMILES string of the molecule is CC1CCCc2c1sc(NC(=O)C1CC1)c2C(=O)O. The number of hydrogen-bond donors (Lipinski definition) is 2. The fraction of sp³-hybridized carbons (Fsp3) is 0.571. The minimum Gasteiger partial charge on any atom is -0.478 e. The Hall–Kier alpha value is -1.36. The van der Waals surface area contributed by atoms with Gasteiger partial charge in [-0.05, 0) is 43.6 Å². The van der Waals surface area contributed by atoms with Crippen LogP contribution in [0, 0.1) is 5.92 Å². The third kappa shape index (κ3) is 2.27. The number of hydrogen-bond acceptors (Lipinski definition) is 3. The Kier molecular flexibility index (Phi) is 3.09. The summed E-state index contributed by atoms with van der Waals surface area (Å²) in [6.45, 7) is 2.13. The van der Waals surface area contributed by atoms with Gasteiger partial charge in [0.2, 0.25) is 5.91 Å². The highest BCUT2D eigenvalue weighted by atomic mass is 32.1. The van der Waals surface area contributed by atoms with Crippen LogP contribution in [0.4, 0.5) is 5.00 Å². The topological polar surface area (TPSA) is 66.4 Å². The normalized spacial score (nSPS) is 21.8. The van der Waals surface area contributed by atoms with E-state index in [1.807, 2.05) is 0 Å². The van der Waals surface area contributed by atoms with Gasteiger partial charge in [-0.2, -0.15) is 0 Å². The summed E-state index contributed by atoms with van der Waals surface area (Å²) in [7, 11) is 0. The lowest BCUT2D eigenvalue weighted by molar-refractivity contribution is -0.117. The first kappa shape index (κ1) is 12.7. The molecular weight excluding hydrogens is 262 g/mol. The maximum absolute atomic E-state index is 11.8. The van der Waals surface area contributed by atoms with Crippen LogP contribution in [-0.4, -0.2) is 17.0 Å². The molecule has 1 amide bonds. The van der Waals surface area contributed by atoms with Crippen LogP contribution in [-0.2, 0) is 11.2 Å². The number of carboxylic acid groups (broad SMARTS) is 1. The standard InChI is InChI=1S/C14H17NO3S/c1-7-3-2-4-9-10(14(17)18)13(19-11(7)9)15-12(16)8-5-6-8/h7-8H,2-6H2,1H3,(H,15,16)(H,17,18). The number of carboxylic acids is 1. The molecule has 4 nitrogen and oxygen atoms in total. The van der Waals surface area contributed by atoms with Gasteiger partial charge >= 0.3 is 5.97 Å². The van der Waals surface area contributed by atoms with Gasteiger partial charge in [0.1, 0.15) is 5.00 Å².